The van der Waals surface area contributed by atoms with Crippen molar-refractivity contribution in [1.82, 2.24) is 5.32 Å². The summed E-state index contributed by atoms with van der Waals surface area (Å²) in [6.07, 6.45) is 93.2. The summed E-state index contributed by atoms with van der Waals surface area (Å²) in [5, 5.41) is 23.3. The molecular formula is C78H153NO5. The van der Waals surface area contributed by atoms with Crippen molar-refractivity contribution < 1.29 is 24.5 Å². The summed E-state index contributed by atoms with van der Waals surface area (Å²) in [4.78, 5) is 24.7. The zero-order valence-electron chi connectivity index (χ0n) is 57.4. The van der Waals surface area contributed by atoms with Crippen molar-refractivity contribution in [2.75, 3.05) is 13.2 Å². The standard InChI is InChI=1S/C78H153NO5/c1-3-5-7-9-11-13-15-17-19-21-23-24-25-26-28-31-35-38-42-46-50-54-58-62-66-70-76(81)75(74-80)79-77(82)71-67-63-59-55-51-47-43-39-36-32-29-27-30-33-37-41-45-49-53-57-61-65-69-73-84-78(83)72-68-64-60-56-52-48-44-40-34-22-20-18-16-14-12-10-8-6-4-2/h66,70,75-76,80-81H,3-65,67-69,71-74H2,1-2H3,(H,79,82)/b70-66+. The van der Waals surface area contributed by atoms with Gasteiger partial charge in [-0.15, -0.1) is 0 Å². The van der Waals surface area contributed by atoms with Gasteiger partial charge in [-0.2, -0.15) is 0 Å². The van der Waals surface area contributed by atoms with Crippen LogP contribution in [0.1, 0.15) is 450 Å². The van der Waals surface area contributed by atoms with Gasteiger partial charge in [0.15, 0.2) is 0 Å². The molecule has 0 heterocycles. The summed E-state index contributed by atoms with van der Waals surface area (Å²) < 4.78 is 5.52. The van der Waals surface area contributed by atoms with Gasteiger partial charge in [0, 0.05) is 12.8 Å². The summed E-state index contributed by atoms with van der Waals surface area (Å²) >= 11 is 0. The predicted molar refractivity (Wildman–Crippen MR) is 370 cm³/mol. The number of nitrogens with one attached hydrogen (secondary N) is 1. The van der Waals surface area contributed by atoms with Crippen LogP contribution in [0.25, 0.3) is 0 Å². The first-order valence-corrected chi connectivity index (χ1v) is 39.0. The van der Waals surface area contributed by atoms with Gasteiger partial charge in [0.1, 0.15) is 0 Å². The van der Waals surface area contributed by atoms with Gasteiger partial charge < -0.3 is 20.3 Å². The van der Waals surface area contributed by atoms with Gasteiger partial charge in [0.05, 0.1) is 25.4 Å². The Morgan fingerprint density at radius 1 is 0.321 bits per heavy atom. The number of unbranched alkanes of at least 4 members (excludes halogenated alkanes) is 63. The number of hydrogen-bond donors (Lipinski definition) is 3. The molecule has 0 spiro atoms. The van der Waals surface area contributed by atoms with Crippen LogP contribution in [-0.2, 0) is 14.3 Å². The molecule has 0 rings (SSSR count). The van der Waals surface area contributed by atoms with Gasteiger partial charge in [-0.25, -0.2) is 0 Å². The van der Waals surface area contributed by atoms with Crippen LogP contribution in [0.15, 0.2) is 12.2 Å². The molecule has 6 nitrogen and oxygen atoms in total. The Hall–Kier alpha value is -1.40. The molecule has 0 saturated carbocycles. The second-order valence-electron chi connectivity index (χ2n) is 27.1. The van der Waals surface area contributed by atoms with Gasteiger partial charge in [-0.05, 0) is 32.1 Å². The molecule has 0 aliphatic heterocycles. The maximum absolute atomic E-state index is 12.6. The van der Waals surface area contributed by atoms with Gasteiger partial charge >= 0.3 is 5.97 Å². The summed E-state index contributed by atoms with van der Waals surface area (Å²) in [5.41, 5.74) is 0. The highest BCUT2D eigenvalue weighted by Crippen LogP contribution is 2.20. The number of allylic oxidation sites excluding steroid dienone is 1. The van der Waals surface area contributed by atoms with Crippen molar-refractivity contribution in [3.05, 3.63) is 12.2 Å². The number of hydrogen-bond acceptors (Lipinski definition) is 5. The lowest BCUT2D eigenvalue weighted by Crippen LogP contribution is -2.45. The lowest BCUT2D eigenvalue weighted by atomic mass is 10.0. The van der Waals surface area contributed by atoms with E-state index in [0.717, 1.165) is 38.5 Å². The van der Waals surface area contributed by atoms with Gasteiger partial charge in [-0.1, -0.05) is 418 Å². The van der Waals surface area contributed by atoms with E-state index < -0.39 is 12.1 Å². The first kappa shape index (κ1) is 82.6. The third-order valence-corrected chi connectivity index (χ3v) is 18.6. The van der Waals surface area contributed by atoms with Gasteiger partial charge in [0.25, 0.3) is 0 Å². The van der Waals surface area contributed by atoms with Crippen molar-refractivity contribution in [2.24, 2.45) is 0 Å². The molecule has 0 aromatic carbocycles. The summed E-state index contributed by atoms with van der Waals surface area (Å²) in [6.45, 7) is 4.97. The van der Waals surface area contributed by atoms with Crippen LogP contribution in [0.5, 0.6) is 0 Å². The average Bonchev–Trinajstić information content (AvgIpc) is 3.51. The predicted octanol–water partition coefficient (Wildman–Crippen LogP) is 25.5. The molecule has 84 heavy (non-hydrogen) atoms. The van der Waals surface area contributed by atoms with Crippen molar-refractivity contribution in [2.45, 2.75) is 463 Å². The first-order chi connectivity index (χ1) is 41.5. The number of carbonyl (C=O) groups excluding carboxylic acids is 2. The molecule has 0 aliphatic rings. The Morgan fingerprint density at radius 2 is 0.548 bits per heavy atom. The lowest BCUT2D eigenvalue weighted by Gasteiger charge is -2.20. The molecule has 0 fully saturated rings. The minimum atomic E-state index is -0.845. The lowest BCUT2D eigenvalue weighted by molar-refractivity contribution is -0.143. The Morgan fingerprint density at radius 3 is 0.810 bits per heavy atom. The Kier molecular flexibility index (Phi) is 72.8. The number of amides is 1. The normalized spacial score (nSPS) is 12.5. The summed E-state index contributed by atoms with van der Waals surface area (Å²) in [6, 6.07) is -0.629. The van der Waals surface area contributed by atoms with Crippen LogP contribution >= 0.6 is 0 Å². The van der Waals surface area contributed by atoms with Crippen LogP contribution in [0.4, 0.5) is 0 Å². The van der Waals surface area contributed by atoms with Crippen LogP contribution in [0, 0.1) is 0 Å². The third-order valence-electron chi connectivity index (χ3n) is 18.6. The maximum Gasteiger partial charge on any atom is 0.305 e. The number of aliphatic hydroxyl groups is 2. The number of carbonyl (C=O) groups is 2. The molecule has 0 saturated heterocycles. The zero-order valence-corrected chi connectivity index (χ0v) is 57.4. The second kappa shape index (κ2) is 74.1. The van der Waals surface area contributed by atoms with Gasteiger partial charge in [0.2, 0.25) is 5.91 Å². The fourth-order valence-corrected chi connectivity index (χ4v) is 12.6. The average molecular weight is 1190 g/mol. The Bertz CT molecular complexity index is 1270. The van der Waals surface area contributed by atoms with E-state index >= 15 is 0 Å². The molecule has 0 aromatic rings. The molecule has 0 aliphatic carbocycles. The molecule has 6 heteroatoms. The molecule has 0 radical (unpaired) electrons. The highest BCUT2D eigenvalue weighted by molar-refractivity contribution is 5.76. The van der Waals surface area contributed by atoms with Crippen molar-refractivity contribution in [3.63, 3.8) is 0 Å². The highest BCUT2D eigenvalue weighted by Gasteiger charge is 2.18. The van der Waals surface area contributed by atoms with Crippen LogP contribution < -0.4 is 5.32 Å². The zero-order chi connectivity index (χ0) is 60.6. The maximum atomic E-state index is 12.6. The summed E-state index contributed by atoms with van der Waals surface area (Å²) in [5.74, 6) is -0.0413. The van der Waals surface area contributed by atoms with Gasteiger partial charge in [-0.3, -0.25) is 9.59 Å². The molecule has 3 N–H and O–H groups in total. The molecule has 0 bridgehead atoms. The molecule has 2 atom stereocenters. The molecule has 0 aromatic heterocycles. The van der Waals surface area contributed by atoms with Crippen molar-refractivity contribution >= 4 is 11.9 Å². The van der Waals surface area contributed by atoms with Crippen LogP contribution in [-0.4, -0.2) is 47.4 Å². The van der Waals surface area contributed by atoms with E-state index in [1.807, 2.05) is 6.08 Å². The third kappa shape index (κ3) is 69.7. The topological polar surface area (TPSA) is 95.9 Å². The smallest absolute Gasteiger partial charge is 0.305 e. The second-order valence-corrected chi connectivity index (χ2v) is 27.1. The highest BCUT2D eigenvalue weighted by atomic mass is 16.5. The van der Waals surface area contributed by atoms with E-state index in [2.05, 4.69) is 19.2 Å². The first-order valence-electron chi connectivity index (χ1n) is 39.0. The Labute approximate surface area is 527 Å². The Balaban J connectivity index is 3.37. The number of ether oxygens (including phenoxy) is 1. The van der Waals surface area contributed by atoms with Crippen molar-refractivity contribution in [3.8, 4) is 0 Å². The van der Waals surface area contributed by atoms with Crippen LogP contribution in [0.3, 0.4) is 0 Å². The molecule has 2 unspecified atom stereocenters. The number of rotatable bonds is 74. The van der Waals surface area contributed by atoms with E-state index in [9.17, 15) is 19.8 Å². The van der Waals surface area contributed by atoms with E-state index in [0.29, 0.717) is 19.4 Å². The minimum absolute atomic E-state index is 0.0203. The molecular weight excluding hydrogens is 1030 g/mol. The van der Waals surface area contributed by atoms with Crippen LogP contribution in [0.2, 0.25) is 0 Å². The van der Waals surface area contributed by atoms with Crippen molar-refractivity contribution in [1.29, 1.82) is 0 Å². The molecule has 1 amide bonds. The number of esters is 1. The number of aliphatic hydroxyl groups excluding tert-OH is 2. The van der Waals surface area contributed by atoms with E-state index in [4.69, 9.17) is 4.74 Å². The van der Waals surface area contributed by atoms with E-state index in [1.54, 1.807) is 6.08 Å². The van der Waals surface area contributed by atoms with E-state index in [-0.39, 0.29) is 18.5 Å². The SMILES string of the molecule is CCCCCCCCCCCCCCCCCCCCCCCCC/C=C/C(O)C(CO)NC(=O)CCCCCCCCCCCCCCCCCCCCCCCCCOC(=O)CCCCCCCCCCCCCCCCCCCCC. The minimum Gasteiger partial charge on any atom is -0.466 e. The quantitative estimate of drug-likeness (QED) is 0.0320. The molecule has 500 valence electrons. The summed E-state index contributed by atoms with van der Waals surface area (Å²) in [7, 11) is 0. The largest absolute Gasteiger partial charge is 0.466 e. The van der Waals surface area contributed by atoms with E-state index in [1.165, 1.54) is 385 Å². The monoisotopic (exact) mass is 1180 g/mol. The fourth-order valence-electron chi connectivity index (χ4n) is 12.6. The fraction of sp³-hybridized carbons (Fsp3) is 0.949.